The fourth-order valence-electron chi connectivity index (χ4n) is 3.92. The first-order chi connectivity index (χ1) is 13.8. The summed E-state index contributed by atoms with van der Waals surface area (Å²) in [6, 6.07) is 21.5. The average Bonchev–Trinajstić information content (AvgIpc) is 3.50. The summed E-state index contributed by atoms with van der Waals surface area (Å²) in [5.74, 6) is 2.08. The fraction of sp³-hybridized carbons (Fsp3) is 0.400. The Morgan fingerprint density at radius 1 is 0.786 bits per heavy atom. The van der Waals surface area contributed by atoms with Crippen molar-refractivity contribution in [3.8, 4) is 11.3 Å². The van der Waals surface area contributed by atoms with E-state index in [1.807, 2.05) is 11.3 Å². The number of aliphatic hydroxyl groups excluding tert-OH is 1. The number of thiazole rings is 1. The first-order valence-corrected chi connectivity index (χ1v) is 11.4. The van der Waals surface area contributed by atoms with Crippen LogP contribution in [0.1, 0.15) is 60.9 Å². The number of hydrogen-bond acceptors (Lipinski definition) is 3. The van der Waals surface area contributed by atoms with Crippen molar-refractivity contribution in [3.63, 3.8) is 0 Å². The molecule has 0 spiro atoms. The highest BCUT2D eigenvalue weighted by Crippen LogP contribution is 2.41. The van der Waals surface area contributed by atoms with Crippen LogP contribution in [0.2, 0.25) is 0 Å². The molecule has 146 valence electrons. The molecule has 2 saturated carbocycles. The van der Waals surface area contributed by atoms with E-state index in [0.29, 0.717) is 18.4 Å². The molecule has 1 heterocycles. The summed E-state index contributed by atoms with van der Waals surface area (Å²) in [5, 5.41) is 11.8. The van der Waals surface area contributed by atoms with E-state index in [1.54, 1.807) is 0 Å². The third kappa shape index (κ3) is 5.09. The molecule has 1 N–H and O–H groups in total. The molecule has 0 aliphatic heterocycles. The van der Waals surface area contributed by atoms with Crippen molar-refractivity contribution in [1.82, 2.24) is 4.98 Å². The van der Waals surface area contributed by atoms with Gasteiger partial charge < -0.3 is 5.11 Å². The molecule has 1 aromatic heterocycles. The van der Waals surface area contributed by atoms with Crippen LogP contribution >= 0.6 is 11.3 Å². The molecule has 0 bridgehead atoms. The molecular weight excluding hydrogens is 362 g/mol. The van der Waals surface area contributed by atoms with Crippen molar-refractivity contribution in [2.45, 2.75) is 50.4 Å². The summed E-state index contributed by atoms with van der Waals surface area (Å²) in [5.41, 5.74) is 3.87. The molecule has 2 fully saturated rings. The van der Waals surface area contributed by atoms with Gasteiger partial charge in [0.2, 0.25) is 0 Å². The van der Waals surface area contributed by atoms with Crippen LogP contribution in [0.3, 0.4) is 0 Å². The lowest BCUT2D eigenvalue weighted by molar-refractivity contribution is 0.277. The van der Waals surface area contributed by atoms with Crippen LogP contribution in [0.4, 0.5) is 0 Å². The zero-order valence-electron chi connectivity index (χ0n) is 16.3. The Balaban J connectivity index is 0.000000336. The highest BCUT2D eigenvalue weighted by atomic mass is 32.1. The fourth-order valence-corrected chi connectivity index (χ4v) is 4.92. The van der Waals surface area contributed by atoms with Crippen molar-refractivity contribution in [2.24, 2.45) is 5.92 Å². The van der Waals surface area contributed by atoms with Crippen molar-refractivity contribution >= 4 is 11.3 Å². The molecular formula is C25H29NOS. The normalized spacial score (nSPS) is 21.6. The number of benzene rings is 2. The Kier molecular flexibility index (Phi) is 6.56. The lowest BCUT2D eigenvalue weighted by atomic mass is 9.79. The maximum absolute atomic E-state index is 8.21. The molecule has 0 amide bonds. The summed E-state index contributed by atoms with van der Waals surface area (Å²) in [4.78, 5) is 4.92. The van der Waals surface area contributed by atoms with E-state index in [0.717, 1.165) is 11.6 Å². The average molecular weight is 392 g/mol. The van der Waals surface area contributed by atoms with Gasteiger partial charge in [-0.3, -0.25) is 0 Å². The van der Waals surface area contributed by atoms with E-state index in [1.165, 1.54) is 54.7 Å². The molecule has 3 aromatic rings. The summed E-state index contributed by atoms with van der Waals surface area (Å²) < 4.78 is 0. The number of aliphatic hydroxyl groups is 1. The molecule has 2 aliphatic carbocycles. The Hall–Kier alpha value is -1.97. The minimum absolute atomic E-state index is 0.417. The second-order valence-electron chi connectivity index (χ2n) is 8.02. The first kappa shape index (κ1) is 19.4. The molecule has 3 heteroatoms. The largest absolute Gasteiger partial charge is 0.396 e. The van der Waals surface area contributed by atoms with Crippen LogP contribution < -0.4 is 0 Å². The molecule has 2 aliphatic rings. The van der Waals surface area contributed by atoms with Crippen LogP contribution in [-0.2, 0) is 0 Å². The van der Waals surface area contributed by atoms with Crippen molar-refractivity contribution in [2.75, 3.05) is 6.61 Å². The zero-order valence-corrected chi connectivity index (χ0v) is 17.2. The van der Waals surface area contributed by atoms with Gasteiger partial charge in [0.1, 0.15) is 0 Å². The van der Waals surface area contributed by atoms with E-state index >= 15 is 0 Å². The van der Waals surface area contributed by atoms with Crippen molar-refractivity contribution < 1.29 is 5.11 Å². The van der Waals surface area contributed by atoms with Gasteiger partial charge in [0.25, 0.3) is 0 Å². The lowest BCUT2D eigenvalue weighted by Crippen LogP contribution is -2.12. The van der Waals surface area contributed by atoms with Gasteiger partial charge in [-0.25, -0.2) is 4.98 Å². The van der Waals surface area contributed by atoms with Crippen LogP contribution in [0.25, 0.3) is 11.3 Å². The van der Waals surface area contributed by atoms with Gasteiger partial charge in [-0.15, -0.1) is 11.3 Å². The number of nitrogens with zero attached hydrogens (tertiary/aromatic N) is 1. The molecule has 0 saturated heterocycles. The van der Waals surface area contributed by atoms with E-state index in [-0.39, 0.29) is 0 Å². The molecule has 2 aromatic carbocycles. The number of rotatable bonds is 4. The predicted octanol–water partition coefficient (Wildman–Crippen LogP) is 6.64. The Morgan fingerprint density at radius 2 is 1.39 bits per heavy atom. The summed E-state index contributed by atoms with van der Waals surface area (Å²) in [6.45, 7) is 0.417. The minimum atomic E-state index is 0.417. The second-order valence-corrected chi connectivity index (χ2v) is 8.91. The van der Waals surface area contributed by atoms with E-state index in [9.17, 15) is 0 Å². The Labute approximate surface area is 172 Å². The molecule has 0 radical (unpaired) electrons. The third-order valence-corrected chi connectivity index (χ3v) is 6.90. The molecule has 2 nitrogen and oxygen atoms in total. The van der Waals surface area contributed by atoms with Crippen LogP contribution in [0.15, 0.2) is 66.0 Å². The number of hydrogen-bond donors (Lipinski definition) is 1. The second kappa shape index (κ2) is 9.49. The summed E-state index contributed by atoms with van der Waals surface area (Å²) >= 11 is 1.84. The summed E-state index contributed by atoms with van der Waals surface area (Å²) in [6.07, 6.45) is 7.62. The number of aromatic nitrogens is 1. The van der Waals surface area contributed by atoms with Gasteiger partial charge in [0.15, 0.2) is 0 Å². The van der Waals surface area contributed by atoms with Gasteiger partial charge in [0.05, 0.1) is 10.7 Å². The summed E-state index contributed by atoms with van der Waals surface area (Å²) in [7, 11) is 0. The lowest BCUT2D eigenvalue weighted by Gasteiger charge is -2.27. The molecule has 0 atom stereocenters. The van der Waals surface area contributed by atoms with Crippen molar-refractivity contribution in [1.29, 1.82) is 0 Å². The smallest absolute Gasteiger partial charge is 0.0963 e. The predicted molar refractivity (Wildman–Crippen MR) is 118 cm³/mol. The van der Waals surface area contributed by atoms with Gasteiger partial charge in [-0.2, -0.15) is 0 Å². The highest BCUT2D eigenvalue weighted by molar-refractivity contribution is 7.10. The third-order valence-electron chi connectivity index (χ3n) is 5.89. The Morgan fingerprint density at radius 3 is 1.96 bits per heavy atom. The molecule has 28 heavy (non-hydrogen) atoms. The minimum Gasteiger partial charge on any atom is -0.396 e. The van der Waals surface area contributed by atoms with Gasteiger partial charge >= 0.3 is 0 Å². The van der Waals surface area contributed by atoms with Crippen molar-refractivity contribution in [3.05, 3.63) is 76.6 Å². The Bertz CT molecular complexity index is 833. The zero-order chi connectivity index (χ0) is 19.2. The van der Waals surface area contributed by atoms with Crippen LogP contribution in [0, 0.1) is 5.92 Å². The van der Waals surface area contributed by atoms with Gasteiger partial charge in [-0.1, -0.05) is 60.7 Å². The van der Waals surface area contributed by atoms with E-state index in [4.69, 9.17) is 10.1 Å². The maximum atomic E-state index is 8.21. The first-order valence-electron chi connectivity index (χ1n) is 10.5. The van der Waals surface area contributed by atoms with E-state index in [2.05, 4.69) is 66.0 Å². The topological polar surface area (TPSA) is 33.1 Å². The van der Waals surface area contributed by atoms with Crippen LogP contribution in [-0.4, -0.2) is 16.7 Å². The highest BCUT2D eigenvalue weighted by Gasteiger charge is 2.25. The van der Waals surface area contributed by atoms with Crippen LogP contribution in [0.5, 0.6) is 0 Å². The molecule has 5 rings (SSSR count). The van der Waals surface area contributed by atoms with Gasteiger partial charge in [0, 0.05) is 23.5 Å². The quantitative estimate of drug-likeness (QED) is 0.541. The standard InChI is InChI=1S/C21H21NS.C4H8O/c1-3-7-16(8-4-1)17-11-13-19(14-12-17)21-22-20(15-23-21)18-9-5-2-6-10-18;5-3-4-1-2-4/h1-10,15,17,19H,11-14H2;4-5H,1-3H2. The van der Waals surface area contributed by atoms with E-state index < -0.39 is 0 Å². The SMILES string of the molecule is OCC1CC1.c1ccc(-c2csc(C3CCC(c4ccccc4)CC3)n2)cc1. The monoisotopic (exact) mass is 391 g/mol. The van der Waals surface area contributed by atoms with Gasteiger partial charge in [-0.05, 0) is 55.9 Å². The molecule has 0 unspecified atom stereocenters. The maximum Gasteiger partial charge on any atom is 0.0963 e.